The highest BCUT2D eigenvalue weighted by Crippen LogP contribution is 2.47. The van der Waals surface area contributed by atoms with E-state index in [0.29, 0.717) is 18.8 Å². The average Bonchev–Trinajstić information content (AvgIpc) is 3.03. The second-order valence-electron chi connectivity index (χ2n) is 9.14. The Morgan fingerprint density at radius 1 is 1.07 bits per heavy atom. The summed E-state index contributed by atoms with van der Waals surface area (Å²) in [4.78, 5) is 0. The maximum absolute atomic E-state index is 13.7. The highest BCUT2D eigenvalue weighted by Gasteiger charge is 2.42. The van der Waals surface area contributed by atoms with Crippen LogP contribution in [0.2, 0.25) is 0 Å². The van der Waals surface area contributed by atoms with Crippen molar-refractivity contribution in [3.05, 3.63) is 58.7 Å². The lowest BCUT2D eigenvalue weighted by Crippen LogP contribution is -2.38. The van der Waals surface area contributed by atoms with Crippen LogP contribution in [0.1, 0.15) is 55.4 Å². The summed E-state index contributed by atoms with van der Waals surface area (Å²) in [6, 6.07) is 11.4. The van der Waals surface area contributed by atoms with E-state index in [1.165, 1.54) is 11.6 Å². The van der Waals surface area contributed by atoms with E-state index in [2.05, 4.69) is 48.9 Å². The van der Waals surface area contributed by atoms with Crippen LogP contribution in [-0.4, -0.2) is 19.1 Å². The summed E-state index contributed by atoms with van der Waals surface area (Å²) in [6.07, 6.45) is -3.55. The number of halogens is 3. The summed E-state index contributed by atoms with van der Waals surface area (Å²) in [5.41, 5.74) is 3.32. The van der Waals surface area contributed by atoms with Crippen LogP contribution >= 0.6 is 0 Å². The molecule has 2 aromatic carbocycles. The highest BCUT2D eigenvalue weighted by atomic mass is 19.4. The SMILES string of the molecule is CC(C)(C)c1ccc(CNc2cc3c(c(C(F)(F)F)c2)NC2CCNCC32)cc1. The molecule has 2 aromatic rings. The van der Waals surface area contributed by atoms with Crippen molar-refractivity contribution in [2.24, 2.45) is 0 Å². The fourth-order valence-electron chi connectivity index (χ4n) is 4.31. The monoisotopic (exact) mass is 403 g/mol. The Bertz CT molecular complexity index is 882. The lowest BCUT2D eigenvalue weighted by Gasteiger charge is -2.26. The number of alkyl halides is 3. The van der Waals surface area contributed by atoms with E-state index in [4.69, 9.17) is 0 Å². The molecule has 0 aromatic heterocycles. The summed E-state index contributed by atoms with van der Waals surface area (Å²) in [7, 11) is 0. The van der Waals surface area contributed by atoms with Crippen LogP contribution in [0.15, 0.2) is 36.4 Å². The van der Waals surface area contributed by atoms with Crippen molar-refractivity contribution in [1.82, 2.24) is 5.32 Å². The van der Waals surface area contributed by atoms with Gasteiger partial charge in [0.05, 0.1) is 11.3 Å². The number of anilines is 2. The highest BCUT2D eigenvalue weighted by molar-refractivity contribution is 5.71. The van der Waals surface area contributed by atoms with E-state index >= 15 is 0 Å². The number of nitrogens with one attached hydrogen (secondary N) is 3. The van der Waals surface area contributed by atoms with Gasteiger partial charge < -0.3 is 16.0 Å². The Morgan fingerprint density at radius 2 is 1.79 bits per heavy atom. The number of piperidine rings is 1. The molecule has 29 heavy (non-hydrogen) atoms. The molecular weight excluding hydrogens is 375 g/mol. The largest absolute Gasteiger partial charge is 0.418 e. The standard InChI is InChI=1S/C23H28F3N3/c1-22(2,3)15-6-4-14(5-7-15)12-28-16-10-17-18-13-27-9-8-20(18)29-21(17)19(11-16)23(24,25)26/h4-7,10-11,18,20,27-29H,8-9,12-13H2,1-3H3. The molecule has 0 bridgehead atoms. The van der Waals surface area contributed by atoms with Gasteiger partial charge in [0.25, 0.3) is 0 Å². The zero-order valence-corrected chi connectivity index (χ0v) is 17.1. The van der Waals surface area contributed by atoms with Gasteiger partial charge in [-0.15, -0.1) is 0 Å². The summed E-state index contributed by atoms with van der Waals surface area (Å²) >= 11 is 0. The van der Waals surface area contributed by atoms with Gasteiger partial charge in [-0.05, 0) is 47.2 Å². The molecule has 0 saturated carbocycles. The van der Waals surface area contributed by atoms with Crippen LogP contribution < -0.4 is 16.0 Å². The number of hydrogen-bond acceptors (Lipinski definition) is 3. The summed E-state index contributed by atoms with van der Waals surface area (Å²) in [5, 5.41) is 9.66. The van der Waals surface area contributed by atoms with E-state index in [1.807, 2.05) is 18.2 Å². The third-order valence-corrected chi connectivity index (χ3v) is 6.00. The first-order valence-corrected chi connectivity index (χ1v) is 10.2. The third kappa shape index (κ3) is 4.08. The van der Waals surface area contributed by atoms with Gasteiger partial charge in [0.2, 0.25) is 0 Å². The predicted molar refractivity (Wildman–Crippen MR) is 112 cm³/mol. The minimum absolute atomic E-state index is 0.0745. The predicted octanol–water partition coefficient (Wildman–Crippen LogP) is 5.49. The zero-order chi connectivity index (χ0) is 20.8. The van der Waals surface area contributed by atoms with E-state index in [-0.39, 0.29) is 23.1 Å². The van der Waals surface area contributed by atoms with Gasteiger partial charge in [-0.2, -0.15) is 13.2 Å². The third-order valence-electron chi connectivity index (χ3n) is 6.00. The first kappa shape index (κ1) is 20.1. The van der Waals surface area contributed by atoms with Crippen molar-refractivity contribution >= 4 is 11.4 Å². The molecule has 156 valence electrons. The minimum atomic E-state index is -4.38. The average molecular weight is 403 g/mol. The number of rotatable bonds is 3. The quantitative estimate of drug-likeness (QED) is 0.635. The number of benzene rings is 2. The molecule has 2 aliphatic heterocycles. The van der Waals surface area contributed by atoms with Crippen LogP contribution in [0.3, 0.4) is 0 Å². The van der Waals surface area contributed by atoms with Gasteiger partial charge in [-0.1, -0.05) is 45.0 Å². The van der Waals surface area contributed by atoms with Crippen LogP contribution in [0.5, 0.6) is 0 Å². The Kier molecular flexibility index (Phi) is 5.01. The van der Waals surface area contributed by atoms with Gasteiger partial charge in [0.1, 0.15) is 0 Å². The fourth-order valence-corrected chi connectivity index (χ4v) is 4.31. The second kappa shape index (κ2) is 7.24. The lowest BCUT2D eigenvalue weighted by atomic mass is 9.87. The van der Waals surface area contributed by atoms with Gasteiger partial charge in [0, 0.05) is 30.7 Å². The van der Waals surface area contributed by atoms with Gasteiger partial charge in [0.15, 0.2) is 0 Å². The van der Waals surface area contributed by atoms with Gasteiger partial charge in [-0.3, -0.25) is 0 Å². The van der Waals surface area contributed by atoms with Crippen LogP contribution in [0.25, 0.3) is 0 Å². The Balaban J connectivity index is 1.58. The van der Waals surface area contributed by atoms with Crippen LogP contribution in [-0.2, 0) is 18.1 Å². The van der Waals surface area contributed by atoms with E-state index in [9.17, 15) is 13.2 Å². The number of fused-ring (bicyclic) bond motifs is 3. The molecule has 0 radical (unpaired) electrons. The molecule has 2 atom stereocenters. The summed E-state index contributed by atoms with van der Waals surface area (Å²) < 4.78 is 41.2. The maximum Gasteiger partial charge on any atom is 0.418 e. The van der Waals surface area contributed by atoms with Gasteiger partial charge in [-0.25, -0.2) is 0 Å². The van der Waals surface area contributed by atoms with Crippen molar-refractivity contribution in [3.8, 4) is 0 Å². The van der Waals surface area contributed by atoms with Crippen molar-refractivity contribution in [1.29, 1.82) is 0 Å². The topological polar surface area (TPSA) is 36.1 Å². The molecule has 0 aliphatic carbocycles. The Labute approximate surface area is 170 Å². The molecule has 3 N–H and O–H groups in total. The number of hydrogen-bond donors (Lipinski definition) is 3. The summed E-state index contributed by atoms with van der Waals surface area (Å²) in [5.74, 6) is 0.0765. The maximum atomic E-state index is 13.7. The molecular formula is C23H28F3N3. The molecule has 0 amide bonds. The molecule has 1 saturated heterocycles. The summed E-state index contributed by atoms with van der Waals surface area (Å²) in [6.45, 7) is 8.50. The van der Waals surface area contributed by atoms with E-state index < -0.39 is 11.7 Å². The van der Waals surface area contributed by atoms with Crippen LogP contribution in [0.4, 0.5) is 24.5 Å². The first-order valence-electron chi connectivity index (χ1n) is 10.2. The molecule has 2 heterocycles. The molecule has 6 heteroatoms. The van der Waals surface area contributed by atoms with Gasteiger partial charge >= 0.3 is 6.18 Å². The Morgan fingerprint density at radius 3 is 2.45 bits per heavy atom. The van der Waals surface area contributed by atoms with E-state index in [0.717, 1.165) is 24.1 Å². The molecule has 0 spiro atoms. The van der Waals surface area contributed by atoms with E-state index in [1.54, 1.807) is 0 Å². The molecule has 2 unspecified atom stereocenters. The molecule has 4 rings (SSSR count). The molecule has 1 fully saturated rings. The minimum Gasteiger partial charge on any atom is -0.381 e. The molecule has 2 aliphatic rings. The van der Waals surface area contributed by atoms with Crippen molar-refractivity contribution in [2.75, 3.05) is 23.7 Å². The van der Waals surface area contributed by atoms with Crippen molar-refractivity contribution in [3.63, 3.8) is 0 Å². The molecule has 3 nitrogen and oxygen atoms in total. The lowest BCUT2D eigenvalue weighted by molar-refractivity contribution is -0.136. The zero-order valence-electron chi connectivity index (χ0n) is 17.1. The van der Waals surface area contributed by atoms with Crippen LogP contribution in [0, 0.1) is 0 Å². The van der Waals surface area contributed by atoms with Crippen molar-refractivity contribution in [2.45, 2.75) is 57.3 Å². The second-order valence-corrected chi connectivity index (χ2v) is 9.14. The fraction of sp³-hybridized carbons (Fsp3) is 0.478. The smallest absolute Gasteiger partial charge is 0.381 e. The first-order chi connectivity index (χ1) is 13.6. The normalized spacial score (nSPS) is 21.3. The van der Waals surface area contributed by atoms with Crippen molar-refractivity contribution < 1.29 is 13.2 Å². The Hall–Kier alpha value is -2.21.